The van der Waals surface area contributed by atoms with E-state index in [0.717, 1.165) is 26.2 Å². The molecule has 0 bridgehead atoms. The van der Waals surface area contributed by atoms with E-state index in [2.05, 4.69) is 34.0 Å². The van der Waals surface area contributed by atoms with Gasteiger partial charge in [0.05, 0.1) is 12.7 Å². The average Bonchev–Trinajstić information content (AvgIpc) is 3.01. The fraction of sp³-hybridized carbons (Fsp3) is 0.714. The van der Waals surface area contributed by atoms with Gasteiger partial charge < -0.3 is 10.1 Å². The highest BCUT2D eigenvalue weighted by Gasteiger charge is 2.32. The summed E-state index contributed by atoms with van der Waals surface area (Å²) < 4.78 is 5.90. The quantitative estimate of drug-likeness (QED) is 0.929. The van der Waals surface area contributed by atoms with Gasteiger partial charge in [-0.05, 0) is 40.8 Å². The lowest BCUT2D eigenvalue weighted by molar-refractivity contribution is -0.0398. The molecule has 0 aromatic carbocycles. The summed E-state index contributed by atoms with van der Waals surface area (Å²) in [6.07, 6.45) is 1.58. The Labute approximate surface area is 125 Å². The molecule has 2 aliphatic heterocycles. The molecule has 2 aliphatic rings. The standard InChI is InChI=1S/C14H22N2OS.ClH/c1-14(3-4-15-10-14)11-16-5-6-17-13(8-16)12-2-7-18-9-12;/h2,7,9,13,15H,3-6,8,10-11H2,1H3;1H. The third kappa shape index (κ3) is 3.70. The van der Waals surface area contributed by atoms with Crippen LogP contribution in [0.2, 0.25) is 0 Å². The first-order valence-corrected chi connectivity index (χ1v) is 7.76. The molecule has 3 nitrogen and oxygen atoms in total. The number of morpholine rings is 1. The first-order valence-electron chi connectivity index (χ1n) is 6.82. The molecule has 2 unspecified atom stereocenters. The van der Waals surface area contributed by atoms with Gasteiger partial charge in [-0.1, -0.05) is 6.92 Å². The molecule has 19 heavy (non-hydrogen) atoms. The Bertz CT molecular complexity index is 379. The fourth-order valence-electron chi connectivity index (χ4n) is 3.05. The molecule has 0 aliphatic carbocycles. The highest BCUT2D eigenvalue weighted by molar-refractivity contribution is 7.07. The van der Waals surface area contributed by atoms with Crippen molar-refractivity contribution in [2.24, 2.45) is 5.41 Å². The Morgan fingerprint density at radius 1 is 1.58 bits per heavy atom. The van der Waals surface area contributed by atoms with Crippen LogP contribution in [0.25, 0.3) is 0 Å². The van der Waals surface area contributed by atoms with E-state index >= 15 is 0 Å². The zero-order valence-electron chi connectivity index (χ0n) is 11.4. The second-order valence-corrected chi connectivity index (χ2v) is 6.67. The van der Waals surface area contributed by atoms with Crippen LogP contribution in [0.5, 0.6) is 0 Å². The molecule has 3 rings (SSSR count). The monoisotopic (exact) mass is 302 g/mol. The Balaban J connectivity index is 0.00000133. The number of nitrogens with one attached hydrogen (secondary N) is 1. The number of nitrogens with zero attached hydrogens (tertiary/aromatic N) is 1. The number of thiophene rings is 1. The van der Waals surface area contributed by atoms with Crippen molar-refractivity contribution in [3.8, 4) is 0 Å². The molecule has 3 heterocycles. The number of rotatable bonds is 3. The van der Waals surface area contributed by atoms with Crippen LogP contribution in [0.15, 0.2) is 16.8 Å². The first kappa shape index (κ1) is 15.3. The maximum absolute atomic E-state index is 5.90. The van der Waals surface area contributed by atoms with Gasteiger partial charge in [-0.3, -0.25) is 4.90 Å². The van der Waals surface area contributed by atoms with Crippen LogP contribution in [-0.4, -0.2) is 44.2 Å². The van der Waals surface area contributed by atoms with Crippen LogP contribution in [0.1, 0.15) is 25.0 Å². The molecule has 0 saturated carbocycles. The SMILES string of the molecule is CC1(CN2CCOC(c3ccsc3)C2)CCNC1.Cl. The normalized spacial score (nSPS) is 32.2. The van der Waals surface area contributed by atoms with Crippen LogP contribution >= 0.6 is 23.7 Å². The van der Waals surface area contributed by atoms with E-state index in [1.165, 1.54) is 25.1 Å². The number of halogens is 1. The summed E-state index contributed by atoms with van der Waals surface area (Å²) in [4.78, 5) is 2.58. The molecule has 0 spiro atoms. The Morgan fingerprint density at radius 2 is 2.47 bits per heavy atom. The highest BCUT2D eigenvalue weighted by Crippen LogP contribution is 2.29. The third-order valence-electron chi connectivity index (χ3n) is 4.13. The van der Waals surface area contributed by atoms with Crippen molar-refractivity contribution >= 4 is 23.7 Å². The van der Waals surface area contributed by atoms with Crippen LogP contribution in [0.3, 0.4) is 0 Å². The lowest BCUT2D eigenvalue weighted by atomic mass is 9.89. The third-order valence-corrected chi connectivity index (χ3v) is 4.83. The summed E-state index contributed by atoms with van der Waals surface area (Å²) in [6, 6.07) is 2.19. The fourth-order valence-corrected chi connectivity index (χ4v) is 3.75. The maximum atomic E-state index is 5.90. The highest BCUT2D eigenvalue weighted by atomic mass is 35.5. The molecule has 2 atom stereocenters. The van der Waals surface area contributed by atoms with Crippen molar-refractivity contribution in [1.29, 1.82) is 0 Å². The van der Waals surface area contributed by atoms with Gasteiger partial charge in [0, 0.05) is 26.2 Å². The Morgan fingerprint density at radius 3 is 3.16 bits per heavy atom. The smallest absolute Gasteiger partial charge is 0.0960 e. The summed E-state index contributed by atoms with van der Waals surface area (Å²) in [5.74, 6) is 0. The van der Waals surface area contributed by atoms with Crippen LogP contribution < -0.4 is 5.32 Å². The van der Waals surface area contributed by atoms with Gasteiger partial charge in [0.15, 0.2) is 0 Å². The molecule has 1 N–H and O–H groups in total. The minimum atomic E-state index is 0. The number of hydrogen-bond donors (Lipinski definition) is 1. The van der Waals surface area contributed by atoms with E-state index in [0.29, 0.717) is 5.41 Å². The van der Waals surface area contributed by atoms with Crippen molar-refractivity contribution < 1.29 is 4.74 Å². The predicted octanol–water partition coefficient (Wildman–Crippen LogP) is 2.54. The predicted molar refractivity (Wildman–Crippen MR) is 82.3 cm³/mol. The molecule has 2 saturated heterocycles. The van der Waals surface area contributed by atoms with Gasteiger partial charge >= 0.3 is 0 Å². The van der Waals surface area contributed by atoms with Gasteiger partial charge in [-0.15, -0.1) is 12.4 Å². The topological polar surface area (TPSA) is 24.5 Å². The second kappa shape index (κ2) is 6.55. The van der Waals surface area contributed by atoms with Crippen molar-refractivity contribution in [3.05, 3.63) is 22.4 Å². The molecule has 0 radical (unpaired) electrons. The number of ether oxygens (including phenoxy) is 1. The van der Waals surface area contributed by atoms with Gasteiger partial charge in [-0.2, -0.15) is 11.3 Å². The van der Waals surface area contributed by atoms with Gasteiger partial charge in [0.25, 0.3) is 0 Å². The largest absolute Gasteiger partial charge is 0.371 e. The molecule has 0 amide bonds. The molecule has 1 aromatic heterocycles. The summed E-state index contributed by atoms with van der Waals surface area (Å²) in [7, 11) is 0. The van der Waals surface area contributed by atoms with E-state index in [4.69, 9.17) is 4.74 Å². The van der Waals surface area contributed by atoms with Crippen LogP contribution in [0, 0.1) is 5.41 Å². The Hall–Kier alpha value is -0.130. The molecule has 1 aromatic rings. The van der Waals surface area contributed by atoms with Gasteiger partial charge in [0.1, 0.15) is 0 Å². The van der Waals surface area contributed by atoms with Crippen molar-refractivity contribution in [3.63, 3.8) is 0 Å². The first-order chi connectivity index (χ1) is 8.75. The minimum absolute atomic E-state index is 0. The molecule has 5 heteroatoms. The molecule has 2 fully saturated rings. The van der Waals surface area contributed by atoms with E-state index < -0.39 is 0 Å². The summed E-state index contributed by atoms with van der Waals surface area (Å²) in [5.41, 5.74) is 1.80. The van der Waals surface area contributed by atoms with Crippen molar-refractivity contribution in [2.75, 3.05) is 39.3 Å². The van der Waals surface area contributed by atoms with E-state index in [1.807, 2.05) is 0 Å². The lowest BCUT2D eigenvalue weighted by Gasteiger charge is -2.37. The van der Waals surface area contributed by atoms with E-state index in [-0.39, 0.29) is 18.5 Å². The molecular weight excluding hydrogens is 280 g/mol. The zero-order valence-corrected chi connectivity index (χ0v) is 13.1. The van der Waals surface area contributed by atoms with Crippen molar-refractivity contribution in [1.82, 2.24) is 10.2 Å². The maximum Gasteiger partial charge on any atom is 0.0960 e. The van der Waals surface area contributed by atoms with E-state index in [9.17, 15) is 0 Å². The minimum Gasteiger partial charge on any atom is -0.371 e. The van der Waals surface area contributed by atoms with Crippen molar-refractivity contribution in [2.45, 2.75) is 19.4 Å². The Kier molecular flexibility index (Phi) is 5.26. The molecule has 108 valence electrons. The zero-order chi connectivity index (χ0) is 12.4. The second-order valence-electron chi connectivity index (χ2n) is 5.89. The summed E-state index contributed by atoms with van der Waals surface area (Å²) in [5, 5.41) is 7.84. The van der Waals surface area contributed by atoms with Crippen LogP contribution in [0.4, 0.5) is 0 Å². The summed E-state index contributed by atoms with van der Waals surface area (Å²) in [6.45, 7) is 8.93. The van der Waals surface area contributed by atoms with Gasteiger partial charge in [-0.25, -0.2) is 0 Å². The average molecular weight is 303 g/mol. The van der Waals surface area contributed by atoms with Crippen LogP contribution in [-0.2, 0) is 4.74 Å². The number of hydrogen-bond acceptors (Lipinski definition) is 4. The van der Waals surface area contributed by atoms with Gasteiger partial charge in [0.2, 0.25) is 0 Å². The molecular formula is C14H23ClN2OS. The lowest BCUT2D eigenvalue weighted by Crippen LogP contribution is -2.44. The van der Waals surface area contributed by atoms with E-state index in [1.54, 1.807) is 11.3 Å². The summed E-state index contributed by atoms with van der Waals surface area (Å²) >= 11 is 1.76.